The van der Waals surface area contributed by atoms with Crippen molar-refractivity contribution in [3.05, 3.63) is 119 Å². The Bertz CT molecular complexity index is 2610. The van der Waals surface area contributed by atoms with E-state index in [-0.39, 0.29) is 56.4 Å². The first-order chi connectivity index (χ1) is 33.9. The van der Waals surface area contributed by atoms with Crippen molar-refractivity contribution in [2.45, 2.75) is 135 Å². The molecule has 1 saturated heterocycles. The van der Waals surface area contributed by atoms with Gasteiger partial charge in [0.1, 0.15) is 54.1 Å². The SMILES string of the molecule is CC(C)(C)OC(=O)[C@H](CCCN=C(N)N)NC(=O)[C@H](Cc1ccc(OCc2ccccc2)c(-c2cccc3c2NC(=O)[C@@]3(O)[C@H](O)[C@H]2COC(C)(C)N2C(=O)OC(C)(C)C)c1)NC(=O)OCc1ccccc1. The molecule has 386 valence electrons. The van der Waals surface area contributed by atoms with Crippen LogP contribution in [0.15, 0.2) is 102 Å². The van der Waals surface area contributed by atoms with Gasteiger partial charge < -0.3 is 61.3 Å². The Kier molecular flexibility index (Phi) is 16.9. The third-order valence-electron chi connectivity index (χ3n) is 11.7. The summed E-state index contributed by atoms with van der Waals surface area (Å²) < 4.78 is 29.2. The monoisotopic (exact) mass is 993 g/mol. The zero-order valence-corrected chi connectivity index (χ0v) is 42.0. The number of aliphatic imine (C=N–C) groups is 1. The molecule has 0 unspecified atom stereocenters. The minimum absolute atomic E-state index is 0.0128. The van der Waals surface area contributed by atoms with E-state index in [0.717, 1.165) is 5.56 Å². The van der Waals surface area contributed by atoms with Crippen molar-refractivity contribution < 1.29 is 57.9 Å². The van der Waals surface area contributed by atoms with Gasteiger partial charge in [0, 0.05) is 29.7 Å². The number of aliphatic hydroxyl groups excluding tert-OH is 1. The summed E-state index contributed by atoms with van der Waals surface area (Å²) in [5, 5.41) is 32.8. The molecule has 4 aromatic rings. The van der Waals surface area contributed by atoms with E-state index in [1.165, 1.54) is 11.0 Å². The van der Waals surface area contributed by atoms with Gasteiger partial charge in [0.05, 0.1) is 18.3 Å². The molecule has 6 rings (SSSR count). The molecule has 19 heteroatoms. The Hall–Kier alpha value is -7.22. The molecule has 2 aliphatic heterocycles. The van der Waals surface area contributed by atoms with Crippen LogP contribution in [0.5, 0.6) is 5.75 Å². The summed E-state index contributed by atoms with van der Waals surface area (Å²) in [6, 6.07) is 24.5. The number of rotatable bonds is 18. The van der Waals surface area contributed by atoms with Crippen LogP contribution in [0.1, 0.15) is 90.5 Å². The largest absolute Gasteiger partial charge is 0.488 e. The van der Waals surface area contributed by atoms with Crippen LogP contribution in [0.2, 0.25) is 0 Å². The normalized spacial score (nSPS) is 18.4. The summed E-state index contributed by atoms with van der Waals surface area (Å²) in [6.45, 7) is 13.4. The highest BCUT2D eigenvalue weighted by molar-refractivity contribution is 6.09. The lowest BCUT2D eigenvalue weighted by molar-refractivity contribution is -0.159. The first-order valence-corrected chi connectivity index (χ1v) is 23.7. The van der Waals surface area contributed by atoms with Crippen LogP contribution in [0.4, 0.5) is 15.3 Å². The summed E-state index contributed by atoms with van der Waals surface area (Å²) in [6.07, 6.45) is -3.40. The standard InChI is InChI=1S/C53H67N7O12/c1-50(2,3)71-45(63)38(23-16-26-56-47(54)55)57-44(62)39(58-48(65)69-30-33-19-13-10-14-20-33)28-34-24-25-41(68-29-32-17-11-9-12-18-32)36(27-34)35-21-15-22-37-42(35)59-46(64)53(37,67)43(61)40-31-70-52(7,8)60(40)49(66)72-51(4,5)6/h9-15,17-22,24-25,27,38-40,43,61,67H,16,23,26,28-31H2,1-8H3,(H,57,62)(H,58,65)(H,59,64)(H4,54,55,56)/t38-,39-,40+,43+,53-/m0/s1. The molecule has 0 saturated carbocycles. The van der Waals surface area contributed by atoms with Gasteiger partial charge in [-0.1, -0.05) is 84.9 Å². The number of para-hydroxylation sites is 1. The average molecular weight is 994 g/mol. The summed E-state index contributed by atoms with van der Waals surface area (Å²) >= 11 is 0. The molecule has 2 heterocycles. The lowest BCUT2D eigenvalue weighted by Crippen LogP contribution is -2.60. The second-order valence-electron chi connectivity index (χ2n) is 20.2. The number of hydrogen-bond donors (Lipinski definition) is 7. The Morgan fingerprint density at radius 1 is 0.833 bits per heavy atom. The second kappa shape index (κ2) is 22.5. The van der Waals surface area contributed by atoms with E-state index in [9.17, 15) is 34.2 Å². The summed E-state index contributed by atoms with van der Waals surface area (Å²) in [4.78, 5) is 74.5. The van der Waals surface area contributed by atoms with Crippen LogP contribution in [-0.2, 0) is 58.6 Å². The number of guanidine groups is 1. The Balaban J connectivity index is 1.38. The number of fused-ring (bicyclic) bond motifs is 1. The Morgan fingerprint density at radius 3 is 2.10 bits per heavy atom. The van der Waals surface area contributed by atoms with Crippen LogP contribution < -0.4 is 32.2 Å². The summed E-state index contributed by atoms with van der Waals surface area (Å²) in [7, 11) is 0. The molecule has 0 bridgehead atoms. The van der Waals surface area contributed by atoms with Gasteiger partial charge in [-0.15, -0.1) is 0 Å². The maximum Gasteiger partial charge on any atom is 0.412 e. The third kappa shape index (κ3) is 13.6. The molecule has 9 N–H and O–H groups in total. The van der Waals surface area contributed by atoms with Crippen molar-refractivity contribution >= 4 is 41.6 Å². The maximum absolute atomic E-state index is 14.4. The number of aliphatic hydroxyl groups is 2. The number of esters is 1. The number of hydrogen-bond acceptors (Lipinski definition) is 13. The first kappa shape index (κ1) is 54.1. The second-order valence-corrected chi connectivity index (χ2v) is 20.2. The molecule has 19 nitrogen and oxygen atoms in total. The van der Waals surface area contributed by atoms with Crippen molar-refractivity contribution in [2.75, 3.05) is 18.5 Å². The lowest BCUT2D eigenvalue weighted by atomic mass is 9.83. The number of nitrogens with zero attached hydrogens (tertiary/aromatic N) is 2. The van der Waals surface area contributed by atoms with Crippen LogP contribution in [0.3, 0.4) is 0 Å². The van der Waals surface area contributed by atoms with Gasteiger partial charge >= 0.3 is 18.2 Å². The van der Waals surface area contributed by atoms with Gasteiger partial charge in [0.15, 0.2) is 11.6 Å². The number of carbonyl (C=O) groups excluding carboxylic acids is 5. The molecule has 2 aliphatic rings. The summed E-state index contributed by atoms with van der Waals surface area (Å²) in [5.41, 5.74) is 8.32. The van der Waals surface area contributed by atoms with E-state index in [1.54, 1.807) is 110 Å². The quantitative estimate of drug-likeness (QED) is 0.0213. The molecule has 0 radical (unpaired) electrons. The van der Waals surface area contributed by atoms with Crippen molar-refractivity contribution in [3.63, 3.8) is 0 Å². The molecular formula is C53H67N7O12. The molecule has 5 atom stereocenters. The number of amides is 4. The molecule has 1 fully saturated rings. The topological polar surface area (TPSA) is 276 Å². The Morgan fingerprint density at radius 2 is 1.47 bits per heavy atom. The molecular weight excluding hydrogens is 927 g/mol. The van der Waals surface area contributed by atoms with Crippen LogP contribution in [0, 0.1) is 0 Å². The number of nitrogens with one attached hydrogen (secondary N) is 3. The smallest absolute Gasteiger partial charge is 0.412 e. The van der Waals surface area contributed by atoms with Gasteiger partial charge in [-0.25, -0.2) is 14.4 Å². The first-order valence-electron chi connectivity index (χ1n) is 23.7. The molecule has 4 amide bonds. The highest BCUT2D eigenvalue weighted by Crippen LogP contribution is 2.48. The van der Waals surface area contributed by atoms with E-state index >= 15 is 0 Å². The van der Waals surface area contributed by atoms with Crippen LogP contribution in [-0.4, -0.2) is 105 Å². The zero-order valence-electron chi connectivity index (χ0n) is 42.0. The van der Waals surface area contributed by atoms with Gasteiger partial charge in [0.25, 0.3) is 5.91 Å². The van der Waals surface area contributed by atoms with Crippen LogP contribution in [0.25, 0.3) is 11.1 Å². The highest BCUT2D eigenvalue weighted by Gasteiger charge is 2.59. The predicted molar refractivity (Wildman–Crippen MR) is 268 cm³/mol. The van der Waals surface area contributed by atoms with E-state index in [4.69, 9.17) is 35.2 Å². The molecule has 72 heavy (non-hydrogen) atoms. The van der Waals surface area contributed by atoms with Crippen LogP contribution >= 0.6 is 0 Å². The van der Waals surface area contributed by atoms with E-state index < -0.39 is 76.7 Å². The van der Waals surface area contributed by atoms with Gasteiger partial charge in [-0.2, -0.15) is 0 Å². The predicted octanol–water partition coefficient (Wildman–Crippen LogP) is 5.52. The molecule has 0 aliphatic carbocycles. The fourth-order valence-electron chi connectivity index (χ4n) is 8.39. The fourth-order valence-corrected chi connectivity index (χ4v) is 8.39. The Labute approximate surface area is 419 Å². The fraction of sp³-hybridized carbons (Fsp3) is 0.434. The number of nitrogens with two attached hydrogens (primary N) is 2. The van der Waals surface area contributed by atoms with Crippen molar-refractivity contribution in [3.8, 4) is 16.9 Å². The molecule has 4 aromatic carbocycles. The minimum atomic E-state index is -2.59. The van der Waals surface area contributed by atoms with Crippen molar-refractivity contribution in [1.29, 1.82) is 0 Å². The minimum Gasteiger partial charge on any atom is -0.488 e. The van der Waals surface area contributed by atoms with Gasteiger partial charge in [-0.3, -0.25) is 19.5 Å². The number of benzene rings is 4. The number of carbonyl (C=O) groups is 5. The number of ether oxygens (including phenoxy) is 5. The summed E-state index contributed by atoms with van der Waals surface area (Å²) in [5.74, 6) is -2.19. The highest BCUT2D eigenvalue weighted by atomic mass is 16.6. The van der Waals surface area contributed by atoms with Crippen molar-refractivity contribution in [1.82, 2.24) is 15.5 Å². The van der Waals surface area contributed by atoms with Crippen molar-refractivity contribution in [2.24, 2.45) is 16.5 Å². The number of alkyl carbamates (subject to hydrolysis) is 1. The average Bonchev–Trinajstić information content (AvgIpc) is 3.78. The zero-order chi connectivity index (χ0) is 52.6. The van der Waals surface area contributed by atoms with E-state index in [1.807, 2.05) is 36.4 Å². The molecule has 0 spiro atoms. The van der Waals surface area contributed by atoms with E-state index in [0.29, 0.717) is 34.4 Å². The van der Waals surface area contributed by atoms with E-state index in [2.05, 4.69) is 20.9 Å². The molecule has 0 aromatic heterocycles. The third-order valence-corrected chi connectivity index (χ3v) is 11.7. The maximum atomic E-state index is 14.4. The lowest BCUT2D eigenvalue weighted by Gasteiger charge is -2.39. The van der Waals surface area contributed by atoms with Gasteiger partial charge in [-0.05, 0) is 97.1 Å². The van der Waals surface area contributed by atoms with Gasteiger partial charge in [0.2, 0.25) is 5.91 Å². The number of anilines is 1.